The lowest BCUT2D eigenvalue weighted by atomic mass is 10.1. The molecule has 0 aliphatic heterocycles. The average molecular weight is 525 g/mol. The Hall–Kier alpha value is -4.28. The van der Waals surface area contributed by atoms with E-state index in [9.17, 15) is 18.0 Å². The molecule has 0 radical (unpaired) electrons. The number of hydrogen-bond donors (Lipinski definition) is 1. The number of benzene rings is 1. The highest BCUT2D eigenvalue weighted by Gasteiger charge is 2.31. The number of hydrogen-bond acceptors (Lipinski definition) is 7. The third-order valence-corrected chi connectivity index (χ3v) is 5.74. The molecule has 4 aromatic rings. The number of carbonyl (C=O) groups excluding carboxylic acids is 1. The second-order valence-electron chi connectivity index (χ2n) is 8.43. The number of aromatic nitrogens is 4. The van der Waals surface area contributed by atoms with E-state index in [0.29, 0.717) is 17.3 Å². The number of aryl methyl sites for hydroxylation is 1. The molecule has 1 aliphatic rings. The highest BCUT2D eigenvalue weighted by molar-refractivity contribution is 5.94. The van der Waals surface area contributed by atoms with Crippen LogP contribution in [-0.4, -0.2) is 45.8 Å². The lowest BCUT2D eigenvalue weighted by molar-refractivity contribution is -0.274. The van der Waals surface area contributed by atoms with E-state index < -0.39 is 18.0 Å². The minimum absolute atomic E-state index is 0.0849. The Kier molecular flexibility index (Phi) is 8.04. The molecule has 198 valence electrons. The predicted molar refractivity (Wildman–Crippen MR) is 139 cm³/mol. The number of fused-ring (bicyclic) bond motifs is 2. The van der Waals surface area contributed by atoms with Gasteiger partial charge in [0, 0.05) is 36.0 Å². The van der Waals surface area contributed by atoms with Crippen LogP contribution in [0.25, 0.3) is 22.3 Å². The second kappa shape index (κ2) is 11.4. The van der Waals surface area contributed by atoms with Crippen molar-refractivity contribution in [2.75, 3.05) is 23.8 Å². The summed E-state index contributed by atoms with van der Waals surface area (Å²) >= 11 is 0. The molecule has 0 unspecified atom stereocenters. The minimum Gasteiger partial charge on any atom is -0.404 e. The smallest absolute Gasteiger partial charge is 0.404 e. The van der Waals surface area contributed by atoms with Gasteiger partial charge in [0.05, 0.1) is 24.6 Å². The normalized spacial score (nSPS) is 12.4. The van der Waals surface area contributed by atoms with Crippen LogP contribution < -0.4 is 15.0 Å². The van der Waals surface area contributed by atoms with Crippen molar-refractivity contribution in [1.82, 2.24) is 19.9 Å². The van der Waals surface area contributed by atoms with Crippen LogP contribution in [0.3, 0.4) is 0 Å². The van der Waals surface area contributed by atoms with Crippen LogP contribution in [0.15, 0.2) is 55.0 Å². The number of nitrogens with zero attached hydrogens (tertiary/aromatic N) is 5. The van der Waals surface area contributed by atoms with E-state index in [1.807, 2.05) is 44.2 Å². The second-order valence-corrected chi connectivity index (χ2v) is 8.43. The van der Waals surface area contributed by atoms with Crippen molar-refractivity contribution in [3.8, 4) is 17.3 Å². The van der Waals surface area contributed by atoms with E-state index in [1.54, 1.807) is 18.1 Å². The van der Waals surface area contributed by atoms with Gasteiger partial charge in [-0.3, -0.25) is 14.8 Å². The summed E-state index contributed by atoms with van der Waals surface area (Å²) in [6.45, 7) is 3.92. The third kappa shape index (κ3) is 6.34. The van der Waals surface area contributed by atoms with Crippen LogP contribution >= 0.6 is 0 Å². The molecule has 8 nitrogen and oxygen atoms in total. The number of pyridine rings is 2. The monoisotopic (exact) mass is 524 g/mol. The highest BCUT2D eigenvalue weighted by Crippen LogP contribution is 2.31. The molecule has 1 N–H and O–H groups in total. The quantitative estimate of drug-likeness (QED) is 0.352. The van der Waals surface area contributed by atoms with Crippen LogP contribution in [0.5, 0.6) is 5.75 Å². The Balaban J connectivity index is 0.00000164. The van der Waals surface area contributed by atoms with Gasteiger partial charge in [-0.2, -0.15) is 0 Å². The van der Waals surface area contributed by atoms with Gasteiger partial charge in [0.2, 0.25) is 5.91 Å². The van der Waals surface area contributed by atoms with Crippen molar-refractivity contribution < 1.29 is 22.7 Å². The molecule has 0 bridgehead atoms. The molecule has 11 heteroatoms. The highest BCUT2D eigenvalue weighted by atomic mass is 19.4. The zero-order valence-corrected chi connectivity index (χ0v) is 21.2. The van der Waals surface area contributed by atoms with Crippen molar-refractivity contribution in [2.24, 2.45) is 0 Å². The van der Waals surface area contributed by atoms with Gasteiger partial charge in [0.15, 0.2) is 5.82 Å². The molecule has 0 spiro atoms. The van der Waals surface area contributed by atoms with Crippen LogP contribution in [0, 0.1) is 0 Å². The molecule has 5 rings (SSSR count). The first kappa shape index (κ1) is 26.8. The largest absolute Gasteiger partial charge is 0.573 e. The molecule has 0 fully saturated rings. The van der Waals surface area contributed by atoms with Gasteiger partial charge >= 0.3 is 6.36 Å². The molecular formula is C27H27F3N6O2. The summed E-state index contributed by atoms with van der Waals surface area (Å²) in [6.07, 6.45) is 1.63. The van der Waals surface area contributed by atoms with E-state index in [0.717, 1.165) is 53.6 Å². The van der Waals surface area contributed by atoms with Crippen LogP contribution in [-0.2, 0) is 17.6 Å². The fraction of sp³-hybridized carbons (Fsp3) is 0.296. The molecule has 0 saturated carbocycles. The zero-order chi connectivity index (χ0) is 27.3. The van der Waals surface area contributed by atoms with Crippen molar-refractivity contribution in [1.29, 1.82) is 0 Å². The molecule has 38 heavy (non-hydrogen) atoms. The number of nitrogens with one attached hydrogen (secondary N) is 1. The number of alkyl halides is 3. The summed E-state index contributed by atoms with van der Waals surface area (Å²) in [4.78, 5) is 32.1. The Bertz CT molecular complexity index is 1440. The van der Waals surface area contributed by atoms with Gasteiger partial charge < -0.3 is 15.0 Å². The fourth-order valence-corrected chi connectivity index (χ4v) is 4.22. The molecule has 1 aliphatic carbocycles. The van der Waals surface area contributed by atoms with Crippen LogP contribution in [0.4, 0.5) is 24.7 Å². The number of likely N-dealkylation sites (N-methyl/N-ethyl adjacent to an activating group) is 1. The summed E-state index contributed by atoms with van der Waals surface area (Å²) < 4.78 is 41.3. The molecule has 0 atom stereocenters. The number of rotatable bonds is 6. The first-order valence-electron chi connectivity index (χ1n) is 12.2. The zero-order valence-electron chi connectivity index (χ0n) is 21.2. The van der Waals surface area contributed by atoms with Crippen LogP contribution in [0.1, 0.15) is 31.5 Å². The van der Waals surface area contributed by atoms with Crippen molar-refractivity contribution in [2.45, 2.75) is 39.5 Å². The first-order valence-corrected chi connectivity index (χ1v) is 12.2. The molecule has 0 saturated heterocycles. The maximum Gasteiger partial charge on any atom is 0.573 e. The Morgan fingerprint density at radius 1 is 1.05 bits per heavy atom. The Morgan fingerprint density at radius 2 is 1.82 bits per heavy atom. The van der Waals surface area contributed by atoms with Gasteiger partial charge in [-0.1, -0.05) is 38.1 Å². The maximum atomic E-state index is 12.7. The standard InChI is InChI=1S/C25H21F3N6O2.C2H6/c1-34(14-22(35)31-17-10-18(13-29-12-17)36-25(26,27)28)24-19-7-4-8-20(19)32-23(33-24)21-9-15-5-2-3-6-16(15)11-30-21;1-2/h2-3,5-6,9-13H,4,7-8,14H2,1H3,(H,31,35);1-2H3. The van der Waals surface area contributed by atoms with Gasteiger partial charge in [-0.25, -0.2) is 9.97 Å². The third-order valence-electron chi connectivity index (χ3n) is 5.74. The Labute approximate surface area is 217 Å². The number of carbonyl (C=O) groups is 1. The lowest BCUT2D eigenvalue weighted by Gasteiger charge is -2.21. The molecule has 3 heterocycles. The molecule has 1 amide bonds. The average Bonchev–Trinajstić information content (AvgIpc) is 3.37. The minimum atomic E-state index is -4.85. The van der Waals surface area contributed by atoms with E-state index in [2.05, 4.69) is 20.0 Å². The SMILES string of the molecule is CC.CN(CC(=O)Nc1cncc(OC(F)(F)F)c1)c1nc(-c2cc3ccccc3cn2)nc2c1CCC2. The number of anilines is 2. The number of amides is 1. The van der Waals surface area contributed by atoms with Crippen molar-refractivity contribution in [3.63, 3.8) is 0 Å². The fourth-order valence-electron chi connectivity index (χ4n) is 4.22. The van der Waals surface area contributed by atoms with Gasteiger partial charge in [0.25, 0.3) is 0 Å². The lowest BCUT2D eigenvalue weighted by Crippen LogP contribution is -2.31. The van der Waals surface area contributed by atoms with E-state index in [1.165, 1.54) is 6.20 Å². The van der Waals surface area contributed by atoms with Gasteiger partial charge in [-0.15, -0.1) is 13.2 Å². The molecular weight excluding hydrogens is 497 g/mol. The summed E-state index contributed by atoms with van der Waals surface area (Å²) in [5.74, 6) is 0.142. The first-order chi connectivity index (χ1) is 18.2. The van der Waals surface area contributed by atoms with E-state index in [4.69, 9.17) is 9.97 Å². The van der Waals surface area contributed by atoms with Crippen LogP contribution in [0.2, 0.25) is 0 Å². The van der Waals surface area contributed by atoms with Gasteiger partial charge in [-0.05, 0) is 30.7 Å². The number of ether oxygens (including phenoxy) is 1. The molecule has 1 aromatic carbocycles. The van der Waals surface area contributed by atoms with Crippen molar-refractivity contribution >= 4 is 28.2 Å². The summed E-state index contributed by atoms with van der Waals surface area (Å²) in [5, 5.41) is 4.59. The predicted octanol–water partition coefficient (Wildman–Crippen LogP) is 5.58. The summed E-state index contributed by atoms with van der Waals surface area (Å²) in [7, 11) is 1.74. The van der Waals surface area contributed by atoms with Crippen molar-refractivity contribution in [3.05, 3.63) is 66.2 Å². The summed E-state index contributed by atoms with van der Waals surface area (Å²) in [5.41, 5.74) is 2.63. The van der Waals surface area contributed by atoms with E-state index >= 15 is 0 Å². The van der Waals surface area contributed by atoms with Gasteiger partial charge in [0.1, 0.15) is 17.3 Å². The Morgan fingerprint density at radius 3 is 2.58 bits per heavy atom. The molecule has 3 aromatic heterocycles. The van der Waals surface area contributed by atoms with E-state index in [-0.39, 0.29) is 12.2 Å². The topological polar surface area (TPSA) is 93.1 Å². The summed E-state index contributed by atoms with van der Waals surface area (Å²) in [6, 6.07) is 10.9. The number of halogens is 3. The maximum absolute atomic E-state index is 12.7.